The van der Waals surface area contributed by atoms with Gasteiger partial charge in [-0.05, 0) is 65.5 Å². The van der Waals surface area contributed by atoms with Crippen molar-refractivity contribution < 1.29 is 0 Å². The minimum absolute atomic E-state index is 0.750. The van der Waals surface area contributed by atoms with Gasteiger partial charge in [-0.3, -0.25) is 4.90 Å². The number of hydrogen-bond donors (Lipinski definition) is 1. The number of nitrogens with zero attached hydrogens (tertiary/aromatic N) is 2. The van der Waals surface area contributed by atoms with E-state index in [-0.39, 0.29) is 0 Å². The second-order valence-corrected chi connectivity index (χ2v) is 6.03. The topological polar surface area (TPSA) is 18.5 Å². The summed E-state index contributed by atoms with van der Waals surface area (Å²) >= 11 is 0. The lowest BCUT2D eigenvalue weighted by Crippen LogP contribution is -2.41. The summed E-state index contributed by atoms with van der Waals surface area (Å²) in [5, 5.41) is 3.58. The van der Waals surface area contributed by atoms with Gasteiger partial charge in [0.15, 0.2) is 0 Å². The summed E-state index contributed by atoms with van der Waals surface area (Å²) in [4.78, 5) is 5.00. The van der Waals surface area contributed by atoms with Crippen molar-refractivity contribution in [3.63, 3.8) is 0 Å². The van der Waals surface area contributed by atoms with Crippen LogP contribution in [-0.2, 0) is 0 Å². The standard InChI is InChI=1S/C14H31N3/c1-13(2)11-14-12-15-7-5-9-17(14)10-6-8-16(3)4/h13-15H,5-12H2,1-4H3. The Balaban J connectivity index is 2.38. The third-order valence-electron chi connectivity index (χ3n) is 3.49. The van der Waals surface area contributed by atoms with E-state index in [9.17, 15) is 0 Å². The van der Waals surface area contributed by atoms with Crippen LogP contribution in [0.2, 0.25) is 0 Å². The Morgan fingerprint density at radius 3 is 2.76 bits per heavy atom. The first-order valence-electron chi connectivity index (χ1n) is 7.19. The van der Waals surface area contributed by atoms with Crippen LogP contribution in [0.4, 0.5) is 0 Å². The highest BCUT2D eigenvalue weighted by atomic mass is 15.2. The predicted molar refractivity (Wildman–Crippen MR) is 75.5 cm³/mol. The summed E-state index contributed by atoms with van der Waals surface area (Å²) < 4.78 is 0. The van der Waals surface area contributed by atoms with Crippen LogP contribution in [-0.4, -0.2) is 62.7 Å². The van der Waals surface area contributed by atoms with E-state index in [4.69, 9.17) is 0 Å². The molecule has 102 valence electrons. The van der Waals surface area contributed by atoms with Crippen molar-refractivity contribution >= 4 is 0 Å². The first kappa shape index (κ1) is 14.9. The summed E-state index contributed by atoms with van der Waals surface area (Å²) in [6, 6.07) is 0.750. The third-order valence-corrected chi connectivity index (χ3v) is 3.49. The molecule has 3 heteroatoms. The Bertz CT molecular complexity index is 192. The highest BCUT2D eigenvalue weighted by molar-refractivity contribution is 4.79. The summed E-state index contributed by atoms with van der Waals surface area (Å²) in [6.45, 7) is 10.8. The van der Waals surface area contributed by atoms with Gasteiger partial charge in [0, 0.05) is 12.6 Å². The van der Waals surface area contributed by atoms with Crippen molar-refractivity contribution in [2.24, 2.45) is 5.92 Å². The van der Waals surface area contributed by atoms with E-state index in [0.29, 0.717) is 0 Å². The molecule has 1 heterocycles. The summed E-state index contributed by atoms with van der Waals surface area (Å²) in [5.41, 5.74) is 0. The zero-order chi connectivity index (χ0) is 12.7. The quantitative estimate of drug-likeness (QED) is 0.763. The largest absolute Gasteiger partial charge is 0.315 e. The molecule has 1 N–H and O–H groups in total. The fourth-order valence-corrected chi connectivity index (χ4v) is 2.65. The van der Waals surface area contributed by atoms with Gasteiger partial charge in [0.25, 0.3) is 0 Å². The molecule has 1 aliphatic heterocycles. The maximum atomic E-state index is 3.58. The van der Waals surface area contributed by atoms with Crippen molar-refractivity contribution in [1.29, 1.82) is 0 Å². The molecule has 1 atom stereocenters. The maximum absolute atomic E-state index is 3.58. The molecular weight excluding hydrogens is 210 g/mol. The van der Waals surface area contributed by atoms with Crippen LogP contribution < -0.4 is 5.32 Å². The summed E-state index contributed by atoms with van der Waals surface area (Å²) in [6.07, 6.45) is 3.92. The van der Waals surface area contributed by atoms with Crippen LogP contribution in [0.1, 0.15) is 33.1 Å². The fourth-order valence-electron chi connectivity index (χ4n) is 2.65. The van der Waals surface area contributed by atoms with E-state index in [0.717, 1.165) is 12.0 Å². The fraction of sp³-hybridized carbons (Fsp3) is 1.00. The van der Waals surface area contributed by atoms with Gasteiger partial charge in [0.2, 0.25) is 0 Å². The Labute approximate surface area is 108 Å². The van der Waals surface area contributed by atoms with Gasteiger partial charge in [-0.1, -0.05) is 13.8 Å². The molecule has 0 aromatic carbocycles. The van der Waals surface area contributed by atoms with E-state index in [2.05, 4.69) is 43.1 Å². The second-order valence-electron chi connectivity index (χ2n) is 6.03. The Hall–Kier alpha value is -0.120. The van der Waals surface area contributed by atoms with Crippen LogP contribution in [0.25, 0.3) is 0 Å². The number of rotatable bonds is 6. The van der Waals surface area contributed by atoms with E-state index in [1.165, 1.54) is 52.0 Å². The molecule has 1 fully saturated rings. The molecule has 0 saturated carbocycles. The molecule has 1 rings (SSSR count). The van der Waals surface area contributed by atoms with E-state index in [1.54, 1.807) is 0 Å². The van der Waals surface area contributed by atoms with Gasteiger partial charge in [-0.25, -0.2) is 0 Å². The van der Waals surface area contributed by atoms with E-state index >= 15 is 0 Å². The van der Waals surface area contributed by atoms with Crippen molar-refractivity contribution in [2.75, 3.05) is 46.8 Å². The molecule has 0 aromatic heterocycles. The van der Waals surface area contributed by atoms with Gasteiger partial charge in [-0.15, -0.1) is 0 Å². The Morgan fingerprint density at radius 1 is 1.35 bits per heavy atom. The molecule has 0 aromatic rings. The van der Waals surface area contributed by atoms with Crippen LogP contribution in [0, 0.1) is 5.92 Å². The first-order valence-corrected chi connectivity index (χ1v) is 7.19. The van der Waals surface area contributed by atoms with Gasteiger partial charge in [-0.2, -0.15) is 0 Å². The van der Waals surface area contributed by atoms with Crippen LogP contribution in [0.15, 0.2) is 0 Å². The number of nitrogens with one attached hydrogen (secondary N) is 1. The van der Waals surface area contributed by atoms with E-state index < -0.39 is 0 Å². The van der Waals surface area contributed by atoms with Gasteiger partial charge >= 0.3 is 0 Å². The van der Waals surface area contributed by atoms with Crippen molar-refractivity contribution in [3.05, 3.63) is 0 Å². The average molecular weight is 241 g/mol. The average Bonchev–Trinajstić information content (AvgIpc) is 2.43. The molecule has 0 bridgehead atoms. The van der Waals surface area contributed by atoms with Gasteiger partial charge in [0.05, 0.1) is 0 Å². The lowest BCUT2D eigenvalue weighted by atomic mass is 10.0. The van der Waals surface area contributed by atoms with Crippen LogP contribution in [0.3, 0.4) is 0 Å². The number of hydrogen-bond acceptors (Lipinski definition) is 3. The SMILES string of the molecule is CC(C)CC1CNCCCN1CCCN(C)C. The molecule has 3 nitrogen and oxygen atoms in total. The molecule has 0 aliphatic carbocycles. The second kappa shape index (κ2) is 8.06. The van der Waals surface area contributed by atoms with Crippen LogP contribution >= 0.6 is 0 Å². The van der Waals surface area contributed by atoms with Crippen molar-refractivity contribution in [1.82, 2.24) is 15.1 Å². The van der Waals surface area contributed by atoms with Gasteiger partial charge in [0.1, 0.15) is 0 Å². The molecular formula is C14H31N3. The predicted octanol–water partition coefficient (Wildman–Crippen LogP) is 1.65. The van der Waals surface area contributed by atoms with Crippen molar-refractivity contribution in [2.45, 2.75) is 39.2 Å². The highest BCUT2D eigenvalue weighted by Crippen LogP contribution is 2.14. The maximum Gasteiger partial charge on any atom is 0.0223 e. The van der Waals surface area contributed by atoms with Crippen molar-refractivity contribution in [3.8, 4) is 0 Å². The summed E-state index contributed by atoms with van der Waals surface area (Å²) in [5.74, 6) is 0.802. The molecule has 1 unspecified atom stereocenters. The lowest BCUT2D eigenvalue weighted by molar-refractivity contribution is 0.177. The smallest absolute Gasteiger partial charge is 0.0223 e. The zero-order valence-corrected chi connectivity index (χ0v) is 12.2. The highest BCUT2D eigenvalue weighted by Gasteiger charge is 2.20. The molecule has 1 aliphatic rings. The first-order chi connectivity index (χ1) is 8.09. The Morgan fingerprint density at radius 2 is 2.12 bits per heavy atom. The molecule has 1 saturated heterocycles. The van der Waals surface area contributed by atoms with Crippen LogP contribution in [0.5, 0.6) is 0 Å². The third kappa shape index (κ3) is 6.39. The normalized spacial score (nSPS) is 23.3. The monoisotopic (exact) mass is 241 g/mol. The molecule has 17 heavy (non-hydrogen) atoms. The minimum Gasteiger partial charge on any atom is -0.315 e. The van der Waals surface area contributed by atoms with Gasteiger partial charge < -0.3 is 10.2 Å². The molecule has 0 amide bonds. The molecule has 0 spiro atoms. The zero-order valence-electron chi connectivity index (χ0n) is 12.2. The van der Waals surface area contributed by atoms with E-state index in [1.807, 2.05) is 0 Å². The minimum atomic E-state index is 0.750. The lowest BCUT2D eigenvalue weighted by Gasteiger charge is -2.31. The Kier molecular flexibility index (Phi) is 7.09. The summed E-state index contributed by atoms with van der Waals surface area (Å²) in [7, 11) is 4.32. The molecule has 0 radical (unpaired) electrons.